The monoisotopic (exact) mass is 264 g/mol. The molecule has 0 saturated carbocycles. The Kier molecular flexibility index (Phi) is 5.60. The van der Waals surface area contributed by atoms with Crippen molar-refractivity contribution in [1.29, 1.82) is 0 Å². The molecule has 1 rings (SSSR count). The lowest BCUT2D eigenvalue weighted by molar-refractivity contribution is -0.139. The number of ether oxygens (including phenoxy) is 3. The van der Waals surface area contributed by atoms with Gasteiger partial charge in [-0.05, 0) is 12.1 Å². The van der Waals surface area contributed by atoms with Crippen molar-refractivity contribution < 1.29 is 23.8 Å². The van der Waals surface area contributed by atoms with E-state index in [1.165, 1.54) is 21.3 Å². The van der Waals surface area contributed by atoms with E-state index in [-0.39, 0.29) is 12.4 Å². The molecule has 0 bridgehead atoms. The molecule has 0 aromatic heterocycles. The van der Waals surface area contributed by atoms with Crippen molar-refractivity contribution in [1.82, 2.24) is 0 Å². The van der Waals surface area contributed by atoms with Crippen LogP contribution >= 0.6 is 0 Å². The van der Waals surface area contributed by atoms with Crippen molar-refractivity contribution >= 4 is 18.3 Å². The Labute approximate surface area is 111 Å². The zero-order valence-electron chi connectivity index (χ0n) is 11.1. The maximum Gasteiger partial charge on any atom is 0.309 e. The van der Waals surface area contributed by atoms with Crippen molar-refractivity contribution in [2.24, 2.45) is 0 Å². The fourth-order valence-corrected chi connectivity index (χ4v) is 1.57. The second-order valence-electron chi connectivity index (χ2n) is 3.65. The summed E-state index contributed by atoms with van der Waals surface area (Å²) in [6.45, 7) is 0. The van der Waals surface area contributed by atoms with Crippen molar-refractivity contribution in [2.75, 3.05) is 21.3 Å². The first-order valence-electron chi connectivity index (χ1n) is 5.60. The zero-order chi connectivity index (χ0) is 14.3. The molecular formula is C14H16O5. The van der Waals surface area contributed by atoms with Gasteiger partial charge in [-0.25, -0.2) is 0 Å². The van der Waals surface area contributed by atoms with Crippen LogP contribution < -0.4 is 9.47 Å². The minimum absolute atomic E-state index is 0.146. The number of hydrogen-bond acceptors (Lipinski definition) is 5. The summed E-state index contributed by atoms with van der Waals surface area (Å²) in [5.41, 5.74) is 1.13. The van der Waals surface area contributed by atoms with Gasteiger partial charge in [-0.1, -0.05) is 12.2 Å². The Morgan fingerprint density at radius 2 is 1.95 bits per heavy atom. The molecule has 19 heavy (non-hydrogen) atoms. The SMILES string of the molecule is COC(=O)CC=Cc1cc(C=O)cc(OC)c1OC. The normalized spacial score (nSPS) is 10.3. The van der Waals surface area contributed by atoms with E-state index in [9.17, 15) is 9.59 Å². The van der Waals surface area contributed by atoms with Crippen LogP contribution in [-0.2, 0) is 9.53 Å². The molecule has 5 nitrogen and oxygen atoms in total. The van der Waals surface area contributed by atoms with Crippen molar-refractivity contribution in [3.05, 3.63) is 29.3 Å². The zero-order valence-corrected chi connectivity index (χ0v) is 11.1. The van der Waals surface area contributed by atoms with Crippen LogP contribution in [0.2, 0.25) is 0 Å². The maximum absolute atomic E-state index is 11.0. The fourth-order valence-electron chi connectivity index (χ4n) is 1.57. The van der Waals surface area contributed by atoms with E-state index in [1.54, 1.807) is 24.3 Å². The summed E-state index contributed by atoms with van der Waals surface area (Å²) in [4.78, 5) is 21.9. The quantitative estimate of drug-likeness (QED) is 0.581. The predicted octanol–water partition coefficient (Wildman–Crippen LogP) is 2.09. The molecular weight excluding hydrogens is 248 g/mol. The molecule has 0 saturated heterocycles. The van der Waals surface area contributed by atoms with Crippen LogP contribution in [-0.4, -0.2) is 33.6 Å². The van der Waals surface area contributed by atoms with E-state index >= 15 is 0 Å². The lowest BCUT2D eigenvalue weighted by Crippen LogP contribution is -1.97. The topological polar surface area (TPSA) is 61.8 Å². The van der Waals surface area contributed by atoms with Gasteiger partial charge in [-0.15, -0.1) is 0 Å². The van der Waals surface area contributed by atoms with Gasteiger partial charge in [0.05, 0.1) is 27.8 Å². The molecule has 0 fully saturated rings. The van der Waals surface area contributed by atoms with Gasteiger partial charge in [0, 0.05) is 11.1 Å². The second-order valence-corrected chi connectivity index (χ2v) is 3.65. The number of carbonyl (C=O) groups is 2. The van der Waals surface area contributed by atoms with Crippen molar-refractivity contribution in [3.63, 3.8) is 0 Å². The number of aldehydes is 1. The molecule has 0 aliphatic heterocycles. The lowest BCUT2D eigenvalue weighted by atomic mass is 10.1. The maximum atomic E-state index is 11.0. The van der Waals surface area contributed by atoms with Gasteiger partial charge in [0.2, 0.25) is 0 Å². The highest BCUT2D eigenvalue weighted by atomic mass is 16.5. The van der Waals surface area contributed by atoms with E-state index in [0.717, 1.165) is 6.29 Å². The fraction of sp³-hybridized carbons (Fsp3) is 0.286. The van der Waals surface area contributed by atoms with Gasteiger partial charge < -0.3 is 14.2 Å². The Morgan fingerprint density at radius 1 is 1.21 bits per heavy atom. The highest BCUT2D eigenvalue weighted by molar-refractivity contribution is 5.80. The summed E-state index contributed by atoms with van der Waals surface area (Å²) in [5, 5.41) is 0. The minimum atomic E-state index is -0.339. The van der Waals surface area contributed by atoms with Gasteiger partial charge >= 0.3 is 5.97 Å². The number of hydrogen-bond donors (Lipinski definition) is 0. The molecule has 1 aromatic carbocycles. The van der Waals surface area contributed by atoms with E-state index in [0.29, 0.717) is 22.6 Å². The van der Waals surface area contributed by atoms with E-state index < -0.39 is 0 Å². The smallest absolute Gasteiger partial charge is 0.309 e. The van der Waals surface area contributed by atoms with Crippen molar-refractivity contribution in [2.45, 2.75) is 6.42 Å². The summed E-state index contributed by atoms with van der Waals surface area (Å²) in [6.07, 6.45) is 4.19. The first-order chi connectivity index (χ1) is 9.15. The van der Waals surface area contributed by atoms with Gasteiger partial charge in [-0.3, -0.25) is 9.59 Å². The number of esters is 1. The highest BCUT2D eigenvalue weighted by Gasteiger charge is 2.10. The molecule has 1 aromatic rings. The summed E-state index contributed by atoms with van der Waals surface area (Å²) >= 11 is 0. The first-order valence-corrected chi connectivity index (χ1v) is 5.60. The van der Waals surface area contributed by atoms with Gasteiger partial charge in [0.1, 0.15) is 6.29 Å². The number of benzene rings is 1. The molecule has 5 heteroatoms. The van der Waals surface area contributed by atoms with Crippen LogP contribution in [0.15, 0.2) is 18.2 Å². The average molecular weight is 264 g/mol. The largest absolute Gasteiger partial charge is 0.493 e. The molecule has 0 heterocycles. The van der Waals surface area contributed by atoms with Crippen LogP contribution in [0, 0.1) is 0 Å². The predicted molar refractivity (Wildman–Crippen MR) is 70.6 cm³/mol. The van der Waals surface area contributed by atoms with E-state index in [4.69, 9.17) is 9.47 Å². The lowest BCUT2D eigenvalue weighted by Gasteiger charge is -2.11. The standard InChI is InChI=1S/C14H16O5/c1-17-12-8-10(9-15)7-11(14(12)19-3)5-4-6-13(16)18-2/h4-5,7-9H,6H2,1-3H3. The van der Waals surface area contributed by atoms with Crippen LogP contribution in [0.5, 0.6) is 11.5 Å². The van der Waals surface area contributed by atoms with Crippen molar-refractivity contribution in [3.8, 4) is 11.5 Å². The summed E-state index contributed by atoms with van der Waals surface area (Å²) in [6, 6.07) is 3.24. The van der Waals surface area contributed by atoms with E-state index in [2.05, 4.69) is 4.74 Å². The van der Waals surface area contributed by atoms with Crippen LogP contribution in [0.25, 0.3) is 6.08 Å². The Hall–Kier alpha value is -2.30. The molecule has 0 aliphatic rings. The summed E-state index contributed by atoms with van der Waals surface area (Å²) in [7, 11) is 4.33. The van der Waals surface area contributed by atoms with Gasteiger partial charge in [0.25, 0.3) is 0 Å². The number of methoxy groups -OCH3 is 3. The first kappa shape index (κ1) is 14.8. The Morgan fingerprint density at radius 3 is 2.47 bits per heavy atom. The van der Waals surface area contributed by atoms with Gasteiger partial charge in [0.15, 0.2) is 11.5 Å². The minimum Gasteiger partial charge on any atom is -0.493 e. The molecule has 0 spiro atoms. The molecule has 0 amide bonds. The third kappa shape index (κ3) is 3.84. The molecule has 0 N–H and O–H groups in total. The Bertz CT molecular complexity index is 491. The second kappa shape index (κ2) is 7.20. The molecule has 102 valence electrons. The van der Waals surface area contributed by atoms with Gasteiger partial charge in [-0.2, -0.15) is 0 Å². The average Bonchev–Trinajstić information content (AvgIpc) is 2.45. The summed E-state index contributed by atoms with van der Waals surface area (Å²) in [5.74, 6) is 0.632. The molecule has 0 radical (unpaired) electrons. The molecule has 0 unspecified atom stereocenters. The van der Waals surface area contributed by atoms with E-state index in [1.807, 2.05) is 0 Å². The Balaban J connectivity index is 3.09. The summed E-state index contributed by atoms with van der Waals surface area (Å²) < 4.78 is 14.9. The van der Waals surface area contributed by atoms with Crippen LogP contribution in [0.1, 0.15) is 22.3 Å². The molecule has 0 atom stereocenters. The third-order valence-corrected chi connectivity index (χ3v) is 2.48. The van der Waals surface area contributed by atoms with Crippen LogP contribution in [0.4, 0.5) is 0 Å². The number of rotatable bonds is 6. The van der Waals surface area contributed by atoms with Crippen LogP contribution in [0.3, 0.4) is 0 Å². The highest BCUT2D eigenvalue weighted by Crippen LogP contribution is 2.33. The number of carbonyl (C=O) groups excluding carboxylic acids is 2. The third-order valence-electron chi connectivity index (χ3n) is 2.48. The molecule has 0 aliphatic carbocycles.